The maximum atomic E-state index is 16.8. The van der Waals surface area contributed by atoms with E-state index >= 15 is 8.78 Å². The predicted molar refractivity (Wildman–Crippen MR) is 157 cm³/mol. The van der Waals surface area contributed by atoms with Crippen LogP contribution in [0, 0.1) is 11.6 Å². The molecule has 0 saturated carbocycles. The van der Waals surface area contributed by atoms with E-state index in [0.29, 0.717) is 24.1 Å². The van der Waals surface area contributed by atoms with Gasteiger partial charge in [0.15, 0.2) is 5.82 Å². The number of ether oxygens (including phenoxy) is 2. The second-order valence-electron chi connectivity index (χ2n) is 13.4. The summed E-state index contributed by atoms with van der Waals surface area (Å²) in [4.78, 5) is 17.2. The van der Waals surface area contributed by atoms with Gasteiger partial charge in [0.1, 0.15) is 42.1 Å². The van der Waals surface area contributed by atoms with Crippen LogP contribution in [0.2, 0.25) is 0 Å². The highest BCUT2D eigenvalue weighted by atomic mass is 19.1. The molecule has 7 heterocycles. The number of fused-ring (bicyclic) bond motifs is 4. The summed E-state index contributed by atoms with van der Waals surface area (Å²) < 4.78 is 58.9. The van der Waals surface area contributed by atoms with Crippen LogP contribution < -0.4 is 9.64 Å². The van der Waals surface area contributed by atoms with Crippen LogP contribution in [0.1, 0.15) is 54.0 Å². The van der Waals surface area contributed by atoms with Crippen LogP contribution in [-0.4, -0.2) is 115 Å². The summed E-state index contributed by atoms with van der Waals surface area (Å²) in [5, 5.41) is 43.4. The largest absolute Gasteiger partial charge is 0.461 e. The Kier molecular flexibility index (Phi) is 7.38. The fraction of sp³-hybridized carbons (Fsp3) is 0.594. The van der Waals surface area contributed by atoms with Gasteiger partial charge in [-0.3, -0.25) is 9.88 Å². The minimum atomic E-state index is -1.51. The summed E-state index contributed by atoms with van der Waals surface area (Å²) in [7, 11) is 0. The number of aromatic nitrogens is 3. The topological polar surface area (TPSA) is 145 Å². The molecule has 3 saturated heterocycles. The van der Waals surface area contributed by atoms with Crippen molar-refractivity contribution in [3.63, 3.8) is 0 Å². The van der Waals surface area contributed by atoms with Gasteiger partial charge in [-0.05, 0) is 49.4 Å². The first kappa shape index (κ1) is 30.2. The summed E-state index contributed by atoms with van der Waals surface area (Å²) in [6.45, 7) is 0.524. The second kappa shape index (κ2) is 11.2. The molecular formula is C32H36F3N5O6. The zero-order valence-electron chi connectivity index (χ0n) is 25.0. The van der Waals surface area contributed by atoms with E-state index in [0.717, 1.165) is 19.4 Å². The van der Waals surface area contributed by atoms with Crippen molar-refractivity contribution in [2.75, 3.05) is 37.7 Å². The van der Waals surface area contributed by atoms with E-state index in [1.165, 1.54) is 17.2 Å². The molecule has 1 aromatic carbocycles. The molecule has 4 bridgehead atoms. The summed E-state index contributed by atoms with van der Waals surface area (Å²) in [6, 6.07) is 1.70. The molecular weight excluding hydrogens is 607 g/mol. The number of halogens is 3. The van der Waals surface area contributed by atoms with Crippen molar-refractivity contribution in [1.82, 2.24) is 19.9 Å². The summed E-state index contributed by atoms with van der Waals surface area (Å²) in [6.07, 6.45) is -2.54. The lowest BCUT2D eigenvalue weighted by atomic mass is 9.76. The molecule has 4 N–H and O–H groups in total. The van der Waals surface area contributed by atoms with Crippen LogP contribution in [0.4, 0.5) is 19.0 Å². The normalized spacial score (nSPS) is 34.2. The number of nitrogens with zero attached hydrogens (tertiary/aromatic N) is 5. The Bertz CT molecular complexity index is 1690. The van der Waals surface area contributed by atoms with Gasteiger partial charge in [-0.1, -0.05) is 6.07 Å². The molecule has 246 valence electrons. The van der Waals surface area contributed by atoms with Gasteiger partial charge in [0, 0.05) is 37.2 Å². The van der Waals surface area contributed by atoms with Crippen molar-refractivity contribution in [2.24, 2.45) is 0 Å². The van der Waals surface area contributed by atoms with Gasteiger partial charge in [-0.25, -0.2) is 13.2 Å². The number of rotatable bonds is 3. The Hall–Kier alpha value is -3.14. The van der Waals surface area contributed by atoms with Crippen LogP contribution in [0.15, 0.2) is 18.3 Å². The molecule has 1 aliphatic carbocycles. The maximum absolute atomic E-state index is 16.8. The quantitative estimate of drug-likeness (QED) is 0.330. The number of hydrogen-bond acceptors (Lipinski definition) is 11. The third-order valence-electron chi connectivity index (χ3n) is 10.7. The molecule has 2 unspecified atom stereocenters. The van der Waals surface area contributed by atoms with Crippen molar-refractivity contribution >= 4 is 16.7 Å². The van der Waals surface area contributed by atoms with Crippen molar-refractivity contribution < 1.29 is 43.1 Å². The van der Waals surface area contributed by atoms with E-state index in [9.17, 15) is 24.8 Å². The molecule has 11 nitrogen and oxygen atoms in total. The highest BCUT2D eigenvalue weighted by molar-refractivity contribution is 5.90. The fourth-order valence-electron chi connectivity index (χ4n) is 8.43. The van der Waals surface area contributed by atoms with Gasteiger partial charge in [-0.15, -0.1) is 0 Å². The number of hydrogen-bond donors (Lipinski definition) is 4. The van der Waals surface area contributed by atoms with Crippen LogP contribution in [0.25, 0.3) is 10.9 Å². The number of piperidine rings is 1. The summed E-state index contributed by atoms with van der Waals surface area (Å²) in [5.41, 5.74) is 0.621. The molecule has 3 fully saturated rings. The van der Waals surface area contributed by atoms with Crippen LogP contribution >= 0.6 is 0 Å². The highest BCUT2D eigenvalue weighted by Crippen LogP contribution is 2.44. The van der Waals surface area contributed by atoms with Gasteiger partial charge in [0.25, 0.3) is 0 Å². The standard InChI is InChI=1S/C32H36F3N5O6/c33-16-8-32(4-1-5-39(32)10-16)14-46-31-37-27-19-9-36-26(25(27)35)18-7-17(41)6-15-2-3-21(34)20(24(15)18)12-45-13-22-28(43)29(44)23(42)11-40(22)30(19)38-31/h2-3,9,16-18,22-23,28-29,41-44H,1,4-8,10-14H2/t16-,17?,18?,22-,23+,28-,29-,32+/m1/s1. The molecule has 14 heteroatoms. The van der Waals surface area contributed by atoms with E-state index in [1.807, 2.05) is 0 Å². The first-order chi connectivity index (χ1) is 22.1. The van der Waals surface area contributed by atoms with Crippen molar-refractivity contribution in [3.05, 3.63) is 52.3 Å². The number of pyridine rings is 1. The molecule has 46 heavy (non-hydrogen) atoms. The number of anilines is 1. The number of alkyl halides is 1. The van der Waals surface area contributed by atoms with E-state index < -0.39 is 59.7 Å². The zero-order chi connectivity index (χ0) is 31.9. The SMILES string of the molecule is OC1Cc2ccc(F)c3c2C(C1)c1ncc2c(nc(OC[C@@]45CCCN4C[C@H](F)C5)nc2c1F)N1C[C@H](O)[C@@H](O)[C@H](O)[C@H]1COC3. The lowest BCUT2D eigenvalue weighted by Crippen LogP contribution is -2.63. The minimum absolute atomic E-state index is 0.0310. The fourth-order valence-corrected chi connectivity index (χ4v) is 8.43. The Balaban J connectivity index is 1.30. The highest BCUT2D eigenvalue weighted by Gasteiger charge is 2.50. The number of aliphatic hydroxyl groups excluding tert-OH is 4. The zero-order valence-corrected chi connectivity index (χ0v) is 25.0. The third kappa shape index (κ3) is 4.75. The minimum Gasteiger partial charge on any atom is -0.461 e. The Morgan fingerprint density at radius 2 is 1.93 bits per heavy atom. The van der Waals surface area contributed by atoms with Gasteiger partial charge >= 0.3 is 6.01 Å². The molecule has 0 amide bonds. The first-order valence-electron chi connectivity index (χ1n) is 15.9. The molecule has 3 aromatic rings. The molecule has 0 radical (unpaired) electrons. The van der Waals surface area contributed by atoms with E-state index in [2.05, 4.69) is 19.9 Å². The molecule has 2 aromatic heterocycles. The van der Waals surface area contributed by atoms with Gasteiger partial charge in [-0.2, -0.15) is 9.97 Å². The van der Waals surface area contributed by atoms with Crippen molar-refractivity contribution in [2.45, 2.75) is 86.8 Å². The Morgan fingerprint density at radius 1 is 1.09 bits per heavy atom. The van der Waals surface area contributed by atoms with Crippen molar-refractivity contribution in [1.29, 1.82) is 0 Å². The number of aliphatic hydroxyl groups is 4. The average Bonchev–Trinajstić information content (AvgIpc) is 3.56. The number of benzene rings is 1. The molecule has 5 aliphatic heterocycles. The Labute approximate surface area is 262 Å². The molecule has 9 rings (SSSR count). The van der Waals surface area contributed by atoms with Crippen LogP contribution in [0.3, 0.4) is 0 Å². The Morgan fingerprint density at radius 3 is 2.78 bits per heavy atom. The predicted octanol–water partition coefficient (Wildman–Crippen LogP) is 1.50. The lowest BCUT2D eigenvalue weighted by molar-refractivity contribution is -0.0958. The van der Waals surface area contributed by atoms with E-state index in [1.54, 1.807) is 6.07 Å². The maximum Gasteiger partial charge on any atom is 0.319 e. The smallest absolute Gasteiger partial charge is 0.319 e. The van der Waals surface area contributed by atoms with Gasteiger partial charge < -0.3 is 34.8 Å². The molecule has 0 spiro atoms. The second-order valence-corrected chi connectivity index (χ2v) is 13.4. The van der Waals surface area contributed by atoms with Crippen molar-refractivity contribution in [3.8, 4) is 6.01 Å². The summed E-state index contributed by atoms with van der Waals surface area (Å²) >= 11 is 0. The molecule has 8 atom stereocenters. The lowest BCUT2D eigenvalue weighted by Gasteiger charge is -2.44. The van der Waals surface area contributed by atoms with Gasteiger partial charge in [0.05, 0.1) is 48.1 Å². The van der Waals surface area contributed by atoms with E-state index in [4.69, 9.17) is 9.47 Å². The molecule has 6 aliphatic rings. The van der Waals surface area contributed by atoms with Gasteiger partial charge in [0.2, 0.25) is 0 Å². The monoisotopic (exact) mass is 643 g/mol. The van der Waals surface area contributed by atoms with E-state index in [-0.39, 0.29) is 73.2 Å². The third-order valence-corrected chi connectivity index (χ3v) is 10.7. The average molecular weight is 644 g/mol. The van der Waals surface area contributed by atoms with Crippen LogP contribution in [0.5, 0.6) is 6.01 Å². The van der Waals surface area contributed by atoms with Crippen LogP contribution in [-0.2, 0) is 17.8 Å². The summed E-state index contributed by atoms with van der Waals surface area (Å²) in [5.74, 6) is -2.08. The first-order valence-corrected chi connectivity index (χ1v) is 15.9.